The number of hydrogen-bond acceptors (Lipinski definition) is 6. The molecule has 0 saturated carbocycles. The van der Waals surface area contributed by atoms with Gasteiger partial charge >= 0.3 is 0 Å². The highest BCUT2D eigenvalue weighted by Crippen LogP contribution is 2.20. The first kappa shape index (κ1) is 21.4. The van der Waals surface area contributed by atoms with Crippen molar-refractivity contribution in [2.24, 2.45) is 5.11 Å². The van der Waals surface area contributed by atoms with E-state index in [-0.39, 0.29) is 23.3 Å². The highest BCUT2D eigenvalue weighted by atomic mass is 19.1. The van der Waals surface area contributed by atoms with E-state index < -0.39 is 11.4 Å². The van der Waals surface area contributed by atoms with Crippen molar-refractivity contribution >= 4 is 28.2 Å². The van der Waals surface area contributed by atoms with Gasteiger partial charge in [0.05, 0.1) is 11.7 Å². The molecule has 0 radical (unpaired) electrons. The minimum Gasteiger partial charge on any atom is -0.380 e. The Kier molecular flexibility index (Phi) is 6.09. The van der Waals surface area contributed by atoms with Gasteiger partial charge in [0.1, 0.15) is 11.5 Å². The summed E-state index contributed by atoms with van der Waals surface area (Å²) in [5, 5.41) is 6.92. The van der Waals surface area contributed by atoms with E-state index in [1.165, 1.54) is 30.5 Å². The van der Waals surface area contributed by atoms with Crippen LogP contribution < -0.4 is 10.9 Å². The van der Waals surface area contributed by atoms with Crippen LogP contribution in [-0.4, -0.2) is 42.1 Å². The summed E-state index contributed by atoms with van der Waals surface area (Å²) in [4.78, 5) is 29.5. The van der Waals surface area contributed by atoms with Gasteiger partial charge in [-0.1, -0.05) is 0 Å². The smallest absolute Gasteiger partial charge is 0.258 e. The lowest BCUT2D eigenvalue weighted by molar-refractivity contribution is 0.0724. The molecule has 0 spiro atoms. The zero-order valence-corrected chi connectivity index (χ0v) is 17.4. The van der Waals surface area contributed by atoms with E-state index in [9.17, 15) is 14.0 Å². The summed E-state index contributed by atoms with van der Waals surface area (Å²) in [5.74, 6) is -0.480. The Hall–Kier alpha value is -3.85. The summed E-state index contributed by atoms with van der Waals surface area (Å²) < 4.78 is 18.8. The van der Waals surface area contributed by atoms with Crippen molar-refractivity contribution in [2.75, 3.05) is 25.5 Å². The van der Waals surface area contributed by atoms with Gasteiger partial charge in [-0.05, 0) is 55.0 Å². The number of halogens is 1. The Morgan fingerprint density at radius 3 is 2.75 bits per heavy atom. The maximum Gasteiger partial charge on any atom is 0.258 e. The third kappa shape index (κ3) is 4.42. The monoisotopic (exact) mass is 435 g/mol. The second-order valence-corrected chi connectivity index (χ2v) is 7.50. The number of carbonyl (C=O) groups excluding carboxylic acids is 1. The van der Waals surface area contributed by atoms with E-state index in [4.69, 9.17) is 10.3 Å². The maximum absolute atomic E-state index is 13.5. The lowest BCUT2D eigenvalue weighted by atomic mass is 10.1. The van der Waals surface area contributed by atoms with Gasteiger partial charge in [-0.15, -0.1) is 0 Å². The van der Waals surface area contributed by atoms with Crippen molar-refractivity contribution in [3.8, 4) is 0 Å². The number of nitrogens with one attached hydrogen (secondary N) is 3. The second kappa shape index (κ2) is 9.11. The number of aromatic amines is 1. The molecule has 0 unspecified atom stereocenters. The van der Waals surface area contributed by atoms with Crippen LogP contribution in [0.15, 0.2) is 64.6 Å². The molecule has 4 rings (SSSR count). The van der Waals surface area contributed by atoms with E-state index in [2.05, 4.69) is 15.4 Å². The topological polar surface area (TPSA) is 111 Å². The number of rotatable bonds is 6. The molecule has 3 N–H and O–H groups in total. The number of carbonyl (C=O) groups is 1. The minimum absolute atomic E-state index is 0.0524. The molecule has 1 fully saturated rings. The van der Waals surface area contributed by atoms with Crippen molar-refractivity contribution < 1.29 is 13.9 Å². The number of pyridine rings is 1. The van der Waals surface area contributed by atoms with Crippen molar-refractivity contribution in [3.63, 3.8) is 0 Å². The summed E-state index contributed by atoms with van der Waals surface area (Å²) in [6.45, 7) is 1.25. The van der Waals surface area contributed by atoms with Gasteiger partial charge in [0, 0.05) is 48.6 Å². The molecular formula is C23H22FN5O3. The number of methoxy groups -OCH3 is 1. The normalized spacial score (nSPS) is 16.4. The zero-order chi connectivity index (χ0) is 22.7. The molecule has 1 atom stereocenters. The lowest BCUT2D eigenvalue weighted by Gasteiger charge is -2.16. The molecule has 1 aliphatic rings. The summed E-state index contributed by atoms with van der Waals surface area (Å²) in [6.07, 6.45) is 2.32. The number of nitrogens with zero attached hydrogens (tertiary/aromatic N) is 2. The Bertz CT molecular complexity index is 1250. The molecule has 32 heavy (non-hydrogen) atoms. The number of ether oxygens (including phenoxy) is 1. The quantitative estimate of drug-likeness (QED) is 0.509. The number of fused-ring (bicyclic) bond motifs is 1. The van der Waals surface area contributed by atoms with Crippen LogP contribution in [0.4, 0.5) is 10.1 Å². The number of anilines is 1. The molecule has 0 aliphatic carbocycles. The summed E-state index contributed by atoms with van der Waals surface area (Å²) in [6, 6.07) is 12.4. The fraction of sp³-hybridized carbons (Fsp3) is 0.217. The molecule has 1 saturated heterocycles. The SMILES string of the molecule is CO[C@H]1CCN(C(=O)c2ccc(N/C=C(\N=N)c3cc4cc(F)ccc4[nH]c3=O)cc2)C1. The predicted octanol–water partition coefficient (Wildman–Crippen LogP) is 3.97. The number of benzene rings is 2. The number of amides is 1. The Morgan fingerprint density at radius 1 is 1.28 bits per heavy atom. The first-order chi connectivity index (χ1) is 15.5. The first-order valence-electron chi connectivity index (χ1n) is 10.1. The summed E-state index contributed by atoms with van der Waals surface area (Å²) in [5.41, 5.74) is 8.96. The number of hydrogen-bond donors (Lipinski definition) is 3. The lowest BCUT2D eigenvalue weighted by Crippen LogP contribution is -2.29. The molecule has 2 heterocycles. The van der Waals surface area contributed by atoms with Crippen LogP contribution in [0.5, 0.6) is 0 Å². The highest BCUT2D eigenvalue weighted by molar-refractivity contribution is 5.94. The van der Waals surface area contributed by atoms with Gasteiger partial charge in [-0.25, -0.2) is 9.92 Å². The molecule has 1 amide bonds. The van der Waals surface area contributed by atoms with E-state index in [0.29, 0.717) is 35.2 Å². The number of likely N-dealkylation sites (tertiary alicyclic amines) is 1. The van der Waals surface area contributed by atoms with Gasteiger partial charge in [-0.2, -0.15) is 5.11 Å². The summed E-state index contributed by atoms with van der Waals surface area (Å²) >= 11 is 0. The van der Waals surface area contributed by atoms with Crippen molar-refractivity contribution in [1.82, 2.24) is 9.88 Å². The highest BCUT2D eigenvalue weighted by Gasteiger charge is 2.26. The standard InChI is InChI=1S/C23H22FN5O3/c1-32-18-8-9-29(13-18)23(31)14-2-5-17(6-3-14)26-12-21(28-25)19-11-15-10-16(24)4-7-20(15)27-22(19)30/h2-7,10-12,18,25-26H,8-9,13H2,1H3,(H,27,30)/b21-12-,28-25?/t18-/m0/s1. The van der Waals surface area contributed by atoms with Crippen LogP contribution in [0.25, 0.3) is 16.6 Å². The second-order valence-electron chi connectivity index (χ2n) is 7.50. The molecular weight excluding hydrogens is 413 g/mol. The van der Waals surface area contributed by atoms with Crippen LogP contribution >= 0.6 is 0 Å². The Labute approximate surface area is 183 Å². The third-order valence-corrected chi connectivity index (χ3v) is 5.48. The van der Waals surface area contributed by atoms with Gasteiger partial charge in [0.25, 0.3) is 11.5 Å². The van der Waals surface area contributed by atoms with Crippen molar-refractivity contribution in [2.45, 2.75) is 12.5 Å². The Balaban J connectivity index is 1.51. The zero-order valence-electron chi connectivity index (χ0n) is 17.4. The third-order valence-electron chi connectivity index (χ3n) is 5.48. The number of aromatic nitrogens is 1. The van der Waals surface area contributed by atoms with Crippen LogP contribution in [-0.2, 0) is 4.74 Å². The fourth-order valence-electron chi connectivity index (χ4n) is 3.69. The van der Waals surface area contributed by atoms with E-state index in [0.717, 1.165) is 6.42 Å². The average Bonchev–Trinajstić information content (AvgIpc) is 3.29. The van der Waals surface area contributed by atoms with E-state index in [1.54, 1.807) is 36.3 Å². The summed E-state index contributed by atoms with van der Waals surface area (Å²) in [7, 11) is 1.65. The van der Waals surface area contributed by atoms with Crippen LogP contribution in [0.1, 0.15) is 22.3 Å². The van der Waals surface area contributed by atoms with Crippen LogP contribution in [0.2, 0.25) is 0 Å². The molecule has 8 nitrogen and oxygen atoms in total. The molecule has 3 aromatic rings. The molecule has 0 bridgehead atoms. The fourth-order valence-corrected chi connectivity index (χ4v) is 3.69. The molecule has 1 aliphatic heterocycles. The largest absolute Gasteiger partial charge is 0.380 e. The van der Waals surface area contributed by atoms with Crippen LogP contribution in [0, 0.1) is 11.3 Å². The molecule has 2 aromatic carbocycles. The van der Waals surface area contributed by atoms with Crippen LogP contribution in [0.3, 0.4) is 0 Å². The van der Waals surface area contributed by atoms with Gasteiger partial charge in [0.2, 0.25) is 0 Å². The van der Waals surface area contributed by atoms with Gasteiger partial charge < -0.3 is 19.9 Å². The number of H-pyrrole nitrogens is 1. The minimum atomic E-state index is -0.436. The Morgan fingerprint density at radius 2 is 2.06 bits per heavy atom. The maximum atomic E-state index is 13.5. The average molecular weight is 435 g/mol. The predicted molar refractivity (Wildman–Crippen MR) is 119 cm³/mol. The molecule has 164 valence electrons. The van der Waals surface area contributed by atoms with Crippen molar-refractivity contribution in [3.05, 3.63) is 82.0 Å². The molecule has 9 heteroatoms. The van der Waals surface area contributed by atoms with Crippen molar-refractivity contribution in [1.29, 1.82) is 5.53 Å². The van der Waals surface area contributed by atoms with E-state index in [1.807, 2.05) is 0 Å². The molecule has 1 aromatic heterocycles. The first-order valence-corrected chi connectivity index (χ1v) is 10.1. The van der Waals surface area contributed by atoms with Gasteiger partial charge in [0.15, 0.2) is 0 Å². The van der Waals surface area contributed by atoms with Gasteiger partial charge in [-0.3, -0.25) is 9.59 Å². The van der Waals surface area contributed by atoms with E-state index >= 15 is 0 Å².